The fourth-order valence-corrected chi connectivity index (χ4v) is 3.99. The Morgan fingerprint density at radius 1 is 1.16 bits per heavy atom. The number of likely N-dealkylation sites (tertiary alicyclic amines) is 1. The van der Waals surface area contributed by atoms with Crippen molar-refractivity contribution in [1.29, 1.82) is 10.7 Å². The zero-order valence-corrected chi connectivity index (χ0v) is 20.7. The fourth-order valence-electron chi connectivity index (χ4n) is 3.99. The molecule has 2 aromatic carbocycles. The van der Waals surface area contributed by atoms with E-state index < -0.39 is 23.7 Å². The molecular formula is C26H30F2N6O3. The fraction of sp³-hybridized carbons (Fsp3) is 0.346. The van der Waals surface area contributed by atoms with E-state index in [9.17, 15) is 13.6 Å². The first-order valence-corrected chi connectivity index (χ1v) is 11.7. The number of urea groups is 1. The number of hydrogen-bond acceptors (Lipinski definition) is 7. The lowest BCUT2D eigenvalue weighted by Gasteiger charge is -2.22. The standard InChI is InChI=1S/C26H30F2N6O3/c1-17(24(30)37-13-12-36-2)25(31-19-6-4-3-5-7-19)33-26(35)32-23-16-34(11-10-29)15-20(23)18-8-9-21(27)22(28)14-18/h3-9,14,20,23,30-31H,11-13,15-16H2,1-2H3,(H2,32,33,35)/b25-17+,30-24?/t20-,23+/m0/s1. The summed E-state index contributed by atoms with van der Waals surface area (Å²) in [7, 11) is 1.53. The van der Waals surface area contributed by atoms with Crippen molar-refractivity contribution >= 4 is 17.6 Å². The molecule has 1 saturated heterocycles. The zero-order chi connectivity index (χ0) is 26.8. The Labute approximate surface area is 214 Å². The molecule has 4 N–H and O–H groups in total. The summed E-state index contributed by atoms with van der Waals surface area (Å²) in [6, 6.07) is 13.8. The number of methoxy groups -OCH3 is 1. The van der Waals surface area contributed by atoms with Crippen LogP contribution in [0.5, 0.6) is 0 Å². The van der Waals surface area contributed by atoms with Crippen LogP contribution in [0.3, 0.4) is 0 Å². The zero-order valence-electron chi connectivity index (χ0n) is 20.7. The number of benzene rings is 2. The normalized spacial score (nSPS) is 17.9. The lowest BCUT2D eigenvalue weighted by Crippen LogP contribution is -2.46. The Morgan fingerprint density at radius 3 is 2.59 bits per heavy atom. The number of carbonyl (C=O) groups is 1. The van der Waals surface area contributed by atoms with Crippen LogP contribution in [0.25, 0.3) is 0 Å². The van der Waals surface area contributed by atoms with Crippen molar-refractivity contribution in [1.82, 2.24) is 15.5 Å². The van der Waals surface area contributed by atoms with Crippen molar-refractivity contribution < 1.29 is 23.0 Å². The van der Waals surface area contributed by atoms with Crippen LogP contribution in [-0.4, -0.2) is 62.8 Å². The molecule has 3 rings (SSSR count). The maximum absolute atomic E-state index is 13.9. The highest BCUT2D eigenvalue weighted by atomic mass is 19.2. The average Bonchev–Trinajstić information content (AvgIpc) is 3.27. The Hall–Kier alpha value is -4.01. The maximum Gasteiger partial charge on any atom is 0.320 e. The third-order valence-corrected chi connectivity index (χ3v) is 5.91. The van der Waals surface area contributed by atoms with Crippen LogP contribution in [-0.2, 0) is 9.47 Å². The molecule has 1 aliphatic rings. The van der Waals surface area contributed by atoms with Crippen LogP contribution in [0.2, 0.25) is 0 Å². The molecule has 1 aliphatic heterocycles. The van der Waals surface area contributed by atoms with Gasteiger partial charge in [0.05, 0.1) is 30.8 Å². The summed E-state index contributed by atoms with van der Waals surface area (Å²) in [5.41, 5.74) is 1.56. The molecule has 9 nitrogen and oxygen atoms in total. The SMILES string of the molecule is COCCOC(=N)/C(C)=C(/NC(=O)N[C@@H]1CN(CC#N)C[C@H]1c1ccc(F)c(F)c1)Nc1ccccc1. The molecule has 2 amide bonds. The van der Waals surface area contributed by atoms with E-state index in [1.165, 1.54) is 13.2 Å². The highest BCUT2D eigenvalue weighted by Gasteiger charge is 2.35. The van der Waals surface area contributed by atoms with Gasteiger partial charge in [0.1, 0.15) is 12.4 Å². The van der Waals surface area contributed by atoms with E-state index in [4.69, 9.17) is 20.1 Å². The summed E-state index contributed by atoms with van der Waals surface area (Å²) in [6.07, 6.45) is 0. The largest absolute Gasteiger partial charge is 0.475 e. The summed E-state index contributed by atoms with van der Waals surface area (Å²) in [5.74, 6) is -2.19. The van der Waals surface area contributed by atoms with Crippen LogP contribution in [0.1, 0.15) is 18.4 Å². The molecular weight excluding hydrogens is 482 g/mol. The van der Waals surface area contributed by atoms with E-state index >= 15 is 0 Å². The van der Waals surface area contributed by atoms with Gasteiger partial charge >= 0.3 is 6.03 Å². The number of nitrogens with one attached hydrogen (secondary N) is 4. The van der Waals surface area contributed by atoms with Crippen molar-refractivity contribution in [3.63, 3.8) is 0 Å². The van der Waals surface area contributed by atoms with Crippen molar-refractivity contribution in [2.45, 2.75) is 18.9 Å². The topological polar surface area (TPSA) is 122 Å². The molecule has 0 bridgehead atoms. The summed E-state index contributed by atoms with van der Waals surface area (Å²) < 4.78 is 37.8. The van der Waals surface area contributed by atoms with Gasteiger partial charge < -0.3 is 20.1 Å². The third-order valence-electron chi connectivity index (χ3n) is 5.91. The van der Waals surface area contributed by atoms with Crippen molar-refractivity contribution in [2.24, 2.45) is 0 Å². The van der Waals surface area contributed by atoms with E-state index in [2.05, 4.69) is 22.0 Å². The Balaban J connectivity index is 1.79. The lowest BCUT2D eigenvalue weighted by atomic mass is 9.94. The van der Waals surface area contributed by atoms with Gasteiger partial charge in [0.15, 0.2) is 11.6 Å². The maximum atomic E-state index is 13.9. The summed E-state index contributed by atoms with van der Waals surface area (Å²) in [5, 5.41) is 26.1. The van der Waals surface area contributed by atoms with Gasteiger partial charge in [-0.15, -0.1) is 0 Å². The highest BCUT2D eigenvalue weighted by molar-refractivity contribution is 5.93. The minimum Gasteiger partial charge on any atom is -0.475 e. The van der Waals surface area contributed by atoms with E-state index in [0.29, 0.717) is 36.5 Å². The number of carbonyl (C=O) groups excluding carboxylic acids is 1. The number of nitriles is 1. The lowest BCUT2D eigenvalue weighted by molar-refractivity contribution is 0.140. The predicted octanol–water partition coefficient (Wildman–Crippen LogP) is 3.54. The first kappa shape index (κ1) is 27.6. The smallest absolute Gasteiger partial charge is 0.320 e. The number of amides is 2. The van der Waals surface area contributed by atoms with Crippen LogP contribution in [0.4, 0.5) is 19.3 Å². The van der Waals surface area contributed by atoms with Crippen LogP contribution < -0.4 is 16.0 Å². The van der Waals surface area contributed by atoms with Gasteiger partial charge in [-0.25, -0.2) is 13.6 Å². The molecule has 1 fully saturated rings. The molecule has 0 unspecified atom stereocenters. The van der Waals surface area contributed by atoms with Crippen LogP contribution >= 0.6 is 0 Å². The molecule has 0 radical (unpaired) electrons. The van der Waals surface area contributed by atoms with Gasteiger partial charge in [0.2, 0.25) is 5.90 Å². The van der Waals surface area contributed by atoms with E-state index in [-0.39, 0.29) is 30.8 Å². The number of para-hydroxylation sites is 1. The molecule has 1 heterocycles. The van der Waals surface area contributed by atoms with Crippen LogP contribution in [0.15, 0.2) is 59.9 Å². The number of rotatable bonds is 10. The number of anilines is 1. The molecule has 0 saturated carbocycles. The molecule has 11 heteroatoms. The quantitative estimate of drug-likeness (QED) is 0.167. The van der Waals surface area contributed by atoms with E-state index in [1.54, 1.807) is 19.1 Å². The first-order chi connectivity index (χ1) is 17.8. The minimum absolute atomic E-state index is 0.135. The van der Waals surface area contributed by atoms with Gasteiger partial charge in [-0.2, -0.15) is 5.26 Å². The summed E-state index contributed by atoms with van der Waals surface area (Å²) in [6.45, 7) is 2.99. The summed E-state index contributed by atoms with van der Waals surface area (Å²) in [4.78, 5) is 14.9. The highest BCUT2D eigenvalue weighted by Crippen LogP contribution is 2.28. The van der Waals surface area contributed by atoms with Crippen molar-refractivity contribution in [3.8, 4) is 6.07 Å². The number of nitrogens with zero attached hydrogens (tertiary/aromatic N) is 2. The van der Waals surface area contributed by atoms with Crippen molar-refractivity contribution in [2.75, 3.05) is 45.3 Å². The first-order valence-electron chi connectivity index (χ1n) is 11.7. The second-order valence-corrected chi connectivity index (χ2v) is 8.50. The van der Waals surface area contributed by atoms with Gasteiger partial charge in [0, 0.05) is 31.8 Å². The van der Waals surface area contributed by atoms with Gasteiger partial charge in [-0.1, -0.05) is 24.3 Å². The van der Waals surface area contributed by atoms with E-state index in [1.807, 2.05) is 23.1 Å². The average molecular weight is 513 g/mol. The molecule has 0 aromatic heterocycles. The second kappa shape index (κ2) is 13.3. The second-order valence-electron chi connectivity index (χ2n) is 8.50. The molecule has 0 aliphatic carbocycles. The van der Waals surface area contributed by atoms with Gasteiger partial charge in [-0.05, 0) is 36.8 Å². The Morgan fingerprint density at radius 2 is 1.92 bits per heavy atom. The monoisotopic (exact) mass is 512 g/mol. The molecule has 2 aromatic rings. The number of hydrogen-bond donors (Lipinski definition) is 4. The van der Waals surface area contributed by atoms with Gasteiger partial charge in [-0.3, -0.25) is 15.6 Å². The Bertz CT molecular complexity index is 1170. The van der Waals surface area contributed by atoms with Crippen molar-refractivity contribution in [3.05, 3.63) is 77.1 Å². The van der Waals surface area contributed by atoms with Crippen LogP contribution in [0, 0.1) is 28.4 Å². The minimum atomic E-state index is -0.973. The molecule has 2 atom stereocenters. The number of halogens is 2. The molecule has 196 valence electrons. The third kappa shape index (κ3) is 7.73. The molecule has 37 heavy (non-hydrogen) atoms. The molecule has 0 spiro atoms. The summed E-state index contributed by atoms with van der Waals surface area (Å²) >= 11 is 0. The van der Waals surface area contributed by atoms with Gasteiger partial charge in [0.25, 0.3) is 0 Å². The Kier molecular flexibility index (Phi) is 9.94. The predicted molar refractivity (Wildman–Crippen MR) is 135 cm³/mol. The van der Waals surface area contributed by atoms with E-state index in [0.717, 1.165) is 12.1 Å². The number of ether oxygens (including phenoxy) is 2.